The lowest BCUT2D eigenvalue weighted by Gasteiger charge is -2.25. The summed E-state index contributed by atoms with van der Waals surface area (Å²) in [6.45, 7) is 2.77. The molecule has 2 heterocycles. The van der Waals surface area contributed by atoms with Crippen LogP contribution in [0, 0.1) is 0 Å². The van der Waals surface area contributed by atoms with Gasteiger partial charge in [-0.3, -0.25) is 5.32 Å². The number of aryl methyl sites for hydroxylation is 1. The first-order valence-electron chi connectivity index (χ1n) is 9.33. The minimum absolute atomic E-state index is 0.235. The molecule has 0 radical (unpaired) electrons. The second-order valence-electron chi connectivity index (χ2n) is 6.66. The predicted molar refractivity (Wildman–Crippen MR) is 103 cm³/mol. The van der Waals surface area contributed by atoms with Gasteiger partial charge < -0.3 is 4.74 Å². The Hall–Kier alpha value is -1.65. The van der Waals surface area contributed by atoms with Crippen molar-refractivity contribution in [3.05, 3.63) is 16.0 Å². The Morgan fingerprint density at radius 3 is 2.52 bits per heavy atom. The van der Waals surface area contributed by atoms with Crippen LogP contribution in [0.15, 0.2) is 0 Å². The summed E-state index contributed by atoms with van der Waals surface area (Å²) in [7, 11) is -3.89. The van der Waals surface area contributed by atoms with Gasteiger partial charge >= 0.3 is 22.2 Å². The van der Waals surface area contributed by atoms with E-state index in [-0.39, 0.29) is 6.61 Å². The van der Waals surface area contributed by atoms with Crippen LogP contribution in [0.2, 0.25) is 0 Å². The summed E-state index contributed by atoms with van der Waals surface area (Å²) in [6.07, 6.45) is 6.18. The van der Waals surface area contributed by atoms with Crippen LogP contribution >= 0.6 is 11.3 Å². The van der Waals surface area contributed by atoms with E-state index in [4.69, 9.17) is 4.74 Å². The van der Waals surface area contributed by atoms with Gasteiger partial charge in [0.05, 0.1) is 12.2 Å². The highest BCUT2D eigenvalue weighted by Gasteiger charge is 2.29. The molecule has 8 nitrogen and oxygen atoms in total. The normalized spacial score (nSPS) is 17.8. The van der Waals surface area contributed by atoms with Gasteiger partial charge in [0.1, 0.15) is 5.00 Å². The van der Waals surface area contributed by atoms with Crippen LogP contribution in [-0.2, 0) is 27.8 Å². The van der Waals surface area contributed by atoms with Crippen LogP contribution in [0.1, 0.15) is 59.8 Å². The van der Waals surface area contributed by atoms with Crippen molar-refractivity contribution >= 4 is 38.5 Å². The highest BCUT2D eigenvalue weighted by atomic mass is 32.2. The number of esters is 1. The summed E-state index contributed by atoms with van der Waals surface area (Å²) >= 11 is 1.32. The number of nitrogens with one attached hydrogen (secondary N) is 2. The maximum atomic E-state index is 12.4. The minimum Gasteiger partial charge on any atom is -0.462 e. The fourth-order valence-electron chi connectivity index (χ4n) is 3.49. The number of piperidine rings is 1. The number of urea groups is 1. The third-order valence-corrected chi connectivity index (χ3v) is 7.45. The average Bonchev–Trinajstić information content (AvgIpc) is 2.99. The molecule has 2 N–H and O–H groups in total. The number of carbonyl (C=O) groups excluding carboxylic acids is 2. The van der Waals surface area contributed by atoms with Crippen molar-refractivity contribution in [2.45, 2.75) is 51.9 Å². The van der Waals surface area contributed by atoms with Gasteiger partial charge in [-0.1, -0.05) is 6.42 Å². The van der Waals surface area contributed by atoms with Crippen LogP contribution in [-0.4, -0.2) is 44.4 Å². The first kappa shape index (κ1) is 20.1. The molecule has 3 rings (SSSR count). The number of hydrogen-bond donors (Lipinski definition) is 2. The molecule has 0 saturated carbocycles. The lowest BCUT2D eigenvalue weighted by atomic mass is 9.95. The molecule has 1 aromatic heterocycles. The zero-order chi connectivity index (χ0) is 19.4. The SMILES string of the molecule is CCOC(=O)c1c(NC(=O)NS(=O)(=O)N2CCCCC2)sc2c1CCCC2. The fourth-order valence-corrected chi connectivity index (χ4v) is 5.91. The van der Waals surface area contributed by atoms with E-state index in [2.05, 4.69) is 10.0 Å². The molecule has 2 aliphatic rings. The summed E-state index contributed by atoms with van der Waals surface area (Å²) in [6, 6.07) is -0.857. The Bertz CT molecular complexity index is 813. The van der Waals surface area contributed by atoms with E-state index in [1.807, 2.05) is 0 Å². The molecule has 0 aromatic carbocycles. The highest BCUT2D eigenvalue weighted by Crippen LogP contribution is 2.38. The third kappa shape index (κ3) is 4.61. The van der Waals surface area contributed by atoms with E-state index < -0.39 is 22.2 Å². The van der Waals surface area contributed by atoms with Crippen LogP contribution in [0.3, 0.4) is 0 Å². The quantitative estimate of drug-likeness (QED) is 0.720. The van der Waals surface area contributed by atoms with Gasteiger partial charge in [0.2, 0.25) is 0 Å². The second-order valence-corrected chi connectivity index (χ2v) is 9.43. The van der Waals surface area contributed by atoms with Gasteiger partial charge in [-0.15, -0.1) is 11.3 Å². The van der Waals surface area contributed by atoms with Crippen molar-refractivity contribution in [3.8, 4) is 0 Å². The number of carbonyl (C=O) groups is 2. The maximum Gasteiger partial charge on any atom is 0.341 e. The number of fused-ring (bicyclic) bond motifs is 1. The molecular formula is C17H25N3O5S2. The van der Waals surface area contributed by atoms with Gasteiger partial charge in [-0.25, -0.2) is 14.3 Å². The molecule has 27 heavy (non-hydrogen) atoms. The summed E-state index contributed by atoms with van der Waals surface area (Å²) in [5.41, 5.74) is 1.28. The van der Waals surface area contributed by atoms with E-state index >= 15 is 0 Å². The second kappa shape index (κ2) is 8.57. The number of thiophene rings is 1. The molecule has 1 saturated heterocycles. The molecule has 0 atom stereocenters. The van der Waals surface area contributed by atoms with Crippen molar-refractivity contribution < 1.29 is 22.7 Å². The first-order chi connectivity index (χ1) is 12.9. The number of anilines is 1. The van der Waals surface area contributed by atoms with Gasteiger partial charge in [0, 0.05) is 18.0 Å². The zero-order valence-corrected chi connectivity index (χ0v) is 17.0. The Labute approximate surface area is 163 Å². The molecule has 0 bridgehead atoms. The molecule has 0 spiro atoms. The number of rotatable bonds is 5. The lowest BCUT2D eigenvalue weighted by molar-refractivity contribution is 0.0526. The molecule has 1 aliphatic carbocycles. The summed E-state index contributed by atoms with van der Waals surface area (Å²) < 4.78 is 33.2. The fraction of sp³-hybridized carbons (Fsp3) is 0.647. The van der Waals surface area contributed by atoms with Crippen LogP contribution in [0.4, 0.5) is 9.80 Å². The van der Waals surface area contributed by atoms with Gasteiger partial charge in [-0.05, 0) is 51.0 Å². The number of hydrogen-bond acceptors (Lipinski definition) is 6. The standard InChI is InChI=1S/C17H25N3O5S2/c1-2-25-16(21)14-12-8-4-5-9-13(12)26-15(14)18-17(22)19-27(23,24)20-10-6-3-7-11-20/h2-11H2,1H3,(H2,18,19,22). The monoisotopic (exact) mass is 415 g/mol. The Morgan fingerprint density at radius 1 is 1.11 bits per heavy atom. The molecule has 2 amide bonds. The molecule has 0 unspecified atom stereocenters. The zero-order valence-electron chi connectivity index (χ0n) is 15.4. The van der Waals surface area contributed by atoms with Gasteiger partial charge in [0.25, 0.3) is 0 Å². The molecule has 1 aliphatic heterocycles. The van der Waals surface area contributed by atoms with Crippen molar-refractivity contribution in [1.29, 1.82) is 0 Å². The average molecular weight is 416 g/mol. The Balaban J connectivity index is 1.77. The van der Waals surface area contributed by atoms with E-state index in [1.54, 1.807) is 6.92 Å². The third-order valence-electron chi connectivity index (χ3n) is 4.75. The molecule has 10 heteroatoms. The summed E-state index contributed by atoms with van der Waals surface area (Å²) in [4.78, 5) is 25.8. The maximum absolute atomic E-state index is 12.4. The predicted octanol–water partition coefficient (Wildman–Crippen LogP) is 2.66. The van der Waals surface area contributed by atoms with E-state index in [0.29, 0.717) is 23.7 Å². The topological polar surface area (TPSA) is 105 Å². The Kier molecular flexibility index (Phi) is 6.38. The van der Waals surface area contributed by atoms with Crippen molar-refractivity contribution in [3.63, 3.8) is 0 Å². The van der Waals surface area contributed by atoms with E-state index in [1.165, 1.54) is 15.6 Å². The summed E-state index contributed by atoms with van der Waals surface area (Å²) in [5.74, 6) is -0.480. The summed E-state index contributed by atoms with van der Waals surface area (Å²) in [5, 5.41) is 2.92. The van der Waals surface area contributed by atoms with Crippen molar-refractivity contribution in [2.24, 2.45) is 0 Å². The molecule has 1 aromatic rings. The van der Waals surface area contributed by atoms with Crippen LogP contribution in [0.5, 0.6) is 0 Å². The molecule has 150 valence electrons. The largest absolute Gasteiger partial charge is 0.462 e. The van der Waals surface area contributed by atoms with E-state index in [9.17, 15) is 18.0 Å². The first-order valence-corrected chi connectivity index (χ1v) is 11.6. The molecule has 1 fully saturated rings. The number of amides is 2. The minimum atomic E-state index is -3.89. The smallest absolute Gasteiger partial charge is 0.341 e. The lowest BCUT2D eigenvalue weighted by Crippen LogP contribution is -2.47. The molecular weight excluding hydrogens is 390 g/mol. The highest BCUT2D eigenvalue weighted by molar-refractivity contribution is 7.87. The van der Waals surface area contributed by atoms with E-state index in [0.717, 1.165) is 55.4 Å². The number of nitrogens with zero attached hydrogens (tertiary/aromatic N) is 1. The Morgan fingerprint density at radius 2 is 1.81 bits per heavy atom. The van der Waals surface area contributed by atoms with Crippen molar-refractivity contribution in [2.75, 3.05) is 25.0 Å². The van der Waals surface area contributed by atoms with Gasteiger partial charge in [-0.2, -0.15) is 12.7 Å². The van der Waals surface area contributed by atoms with Gasteiger partial charge in [0.15, 0.2) is 0 Å². The number of ether oxygens (including phenoxy) is 1. The van der Waals surface area contributed by atoms with Crippen LogP contribution < -0.4 is 10.0 Å². The van der Waals surface area contributed by atoms with Crippen molar-refractivity contribution in [1.82, 2.24) is 9.03 Å². The van der Waals surface area contributed by atoms with Crippen LogP contribution in [0.25, 0.3) is 0 Å².